The third-order valence-corrected chi connectivity index (χ3v) is 7.80. The zero-order chi connectivity index (χ0) is 23.8. The van der Waals surface area contributed by atoms with E-state index in [4.69, 9.17) is 9.26 Å². The molecule has 1 saturated carbocycles. The van der Waals surface area contributed by atoms with Crippen LogP contribution in [0.5, 0.6) is 5.75 Å². The fraction of sp³-hybridized carbons (Fsp3) is 0.250. The first-order chi connectivity index (χ1) is 17.2. The van der Waals surface area contributed by atoms with Gasteiger partial charge in [-0.15, -0.1) is 0 Å². The van der Waals surface area contributed by atoms with Gasteiger partial charge in [0.2, 0.25) is 11.7 Å². The number of methoxy groups -OCH3 is 1. The van der Waals surface area contributed by atoms with Gasteiger partial charge in [-0.2, -0.15) is 4.98 Å². The highest BCUT2D eigenvalue weighted by atomic mass is 32.2. The van der Waals surface area contributed by atoms with E-state index in [9.17, 15) is 4.79 Å². The molecule has 6 nitrogen and oxygen atoms in total. The average molecular weight is 484 g/mol. The van der Waals surface area contributed by atoms with Crippen LogP contribution >= 0.6 is 11.8 Å². The monoisotopic (exact) mass is 483 g/mol. The Morgan fingerprint density at radius 2 is 1.89 bits per heavy atom. The van der Waals surface area contributed by atoms with Crippen LogP contribution in [-0.2, 0) is 6.42 Å². The number of fused-ring (bicyclic) bond motifs is 2. The van der Waals surface area contributed by atoms with Crippen molar-refractivity contribution in [3.63, 3.8) is 0 Å². The van der Waals surface area contributed by atoms with Gasteiger partial charge in [0.05, 0.1) is 24.8 Å². The molecule has 0 N–H and O–H groups in total. The summed E-state index contributed by atoms with van der Waals surface area (Å²) < 4.78 is 10.9. The zero-order valence-electron chi connectivity index (χ0n) is 19.4. The zero-order valence-corrected chi connectivity index (χ0v) is 20.3. The lowest BCUT2D eigenvalue weighted by atomic mass is 10.1. The maximum Gasteiger partial charge on any atom is 0.259 e. The van der Waals surface area contributed by atoms with Gasteiger partial charge in [-0.3, -0.25) is 4.79 Å². The maximum absolute atomic E-state index is 13.6. The number of anilines is 1. The first-order valence-corrected chi connectivity index (χ1v) is 12.7. The molecule has 0 radical (unpaired) electrons. The average Bonchev–Trinajstić information content (AvgIpc) is 3.56. The summed E-state index contributed by atoms with van der Waals surface area (Å²) in [5.74, 6) is 1.98. The molecule has 35 heavy (non-hydrogen) atoms. The van der Waals surface area contributed by atoms with Crippen molar-refractivity contribution in [3.8, 4) is 17.1 Å². The van der Waals surface area contributed by atoms with E-state index in [-0.39, 0.29) is 11.9 Å². The van der Waals surface area contributed by atoms with E-state index >= 15 is 0 Å². The van der Waals surface area contributed by atoms with Gasteiger partial charge in [0.15, 0.2) is 0 Å². The number of carbonyl (C=O) groups excluding carboxylic acids is 1. The minimum absolute atomic E-state index is 0.0895. The molecule has 1 aliphatic carbocycles. The fourth-order valence-corrected chi connectivity index (χ4v) is 6.06. The molecular weight excluding hydrogens is 458 g/mol. The van der Waals surface area contributed by atoms with E-state index in [2.05, 4.69) is 16.2 Å². The van der Waals surface area contributed by atoms with Crippen molar-refractivity contribution in [2.24, 2.45) is 0 Å². The van der Waals surface area contributed by atoms with Crippen molar-refractivity contribution in [3.05, 3.63) is 83.7 Å². The SMILES string of the molecule is COc1cccc(Cc2nc(-c3ccc4c(c3)Sc3ccccc3C(=O)N4C3CCCC3)no2)c1. The normalized spacial score (nSPS) is 15.6. The Labute approximate surface area is 208 Å². The van der Waals surface area contributed by atoms with Crippen molar-refractivity contribution in [2.45, 2.75) is 47.9 Å². The van der Waals surface area contributed by atoms with E-state index in [1.54, 1.807) is 18.9 Å². The Bertz CT molecular complexity index is 1390. The van der Waals surface area contributed by atoms with Crippen LogP contribution in [0.3, 0.4) is 0 Å². The highest BCUT2D eigenvalue weighted by molar-refractivity contribution is 7.99. The van der Waals surface area contributed by atoms with E-state index in [0.717, 1.165) is 63.6 Å². The van der Waals surface area contributed by atoms with Gasteiger partial charge in [-0.25, -0.2) is 0 Å². The molecule has 0 spiro atoms. The van der Waals surface area contributed by atoms with Crippen LogP contribution in [0.4, 0.5) is 5.69 Å². The van der Waals surface area contributed by atoms with Crippen molar-refractivity contribution in [2.75, 3.05) is 12.0 Å². The third kappa shape index (κ3) is 4.21. The summed E-state index contributed by atoms with van der Waals surface area (Å²) >= 11 is 1.63. The number of benzene rings is 3. The molecule has 7 heteroatoms. The lowest BCUT2D eigenvalue weighted by Crippen LogP contribution is -2.39. The van der Waals surface area contributed by atoms with Crippen LogP contribution < -0.4 is 9.64 Å². The second-order valence-electron chi connectivity index (χ2n) is 8.93. The van der Waals surface area contributed by atoms with Crippen LogP contribution in [0, 0.1) is 0 Å². The lowest BCUT2D eigenvalue weighted by molar-refractivity contribution is 0.0974. The van der Waals surface area contributed by atoms with Crippen molar-refractivity contribution < 1.29 is 14.1 Å². The second-order valence-corrected chi connectivity index (χ2v) is 10.0. The molecule has 2 heterocycles. The largest absolute Gasteiger partial charge is 0.497 e. The third-order valence-electron chi connectivity index (χ3n) is 6.68. The molecule has 0 atom stereocenters. The highest BCUT2D eigenvalue weighted by Crippen LogP contribution is 2.45. The molecule has 6 rings (SSSR count). The molecular formula is C28H25N3O3S. The number of rotatable bonds is 5. The summed E-state index contributed by atoms with van der Waals surface area (Å²) in [4.78, 5) is 22.3. The molecule has 0 saturated heterocycles. The Kier molecular flexibility index (Phi) is 5.78. The lowest BCUT2D eigenvalue weighted by Gasteiger charge is -2.29. The van der Waals surface area contributed by atoms with Crippen LogP contribution in [0.1, 0.15) is 47.5 Å². The predicted molar refractivity (Wildman–Crippen MR) is 135 cm³/mol. The molecule has 2 aliphatic rings. The van der Waals surface area contributed by atoms with Crippen LogP contribution in [-0.4, -0.2) is 29.2 Å². The number of ether oxygens (including phenoxy) is 1. The minimum atomic E-state index is 0.0895. The summed E-state index contributed by atoms with van der Waals surface area (Å²) in [5, 5.41) is 4.25. The molecule has 3 aromatic carbocycles. The smallest absolute Gasteiger partial charge is 0.259 e. The summed E-state index contributed by atoms with van der Waals surface area (Å²) in [6.45, 7) is 0. The van der Waals surface area contributed by atoms with Crippen molar-refractivity contribution >= 4 is 23.4 Å². The molecule has 176 valence electrons. The van der Waals surface area contributed by atoms with Crippen molar-refractivity contribution in [1.29, 1.82) is 0 Å². The highest BCUT2D eigenvalue weighted by Gasteiger charge is 2.34. The summed E-state index contributed by atoms with van der Waals surface area (Å²) in [6, 6.07) is 22.1. The number of aromatic nitrogens is 2. The van der Waals surface area contributed by atoms with Gasteiger partial charge < -0.3 is 14.2 Å². The first kappa shape index (κ1) is 21.9. The maximum atomic E-state index is 13.6. The van der Waals surface area contributed by atoms with Gasteiger partial charge >= 0.3 is 0 Å². The van der Waals surface area contributed by atoms with Gasteiger partial charge in [-0.05, 0) is 60.9 Å². The molecule has 0 bridgehead atoms. The molecule has 1 aromatic heterocycles. The molecule has 0 unspecified atom stereocenters. The molecule has 1 aliphatic heterocycles. The van der Waals surface area contributed by atoms with E-state index < -0.39 is 0 Å². The van der Waals surface area contributed by atoms with Gasteiger partial charge in [-0.1, -0.05) is 54.0 Å². The minimum Gasteiger partial charge on any atom is -0.497 e. The number of nitrogens with zero attached hydrogens (tertiary/aromatic N) is 3. The topological polar surface area (TPSA) is 68.5 Å². The van der Waals surface area contributed by atoms with Crippen LogP contribution in [0.25, 0.3) is 11.4 Å². The quantitative estimate of drug-likeness (QED) is 0.328. The second kappa shape index (κ2) is 9.23. The van der Waals surface area contributed by atoms with Crippen LogP contribution in [0.15, 0.2) is 81.0 Å². The van der Waals surface area contributed by atoms with Gasteiger partial charge in [0, 0.05) is 21.4 Å². The Morgan fingerprint density at radius 3 is 2.74 bits per heavy atom. The van der Waals surface area contributed by atoms with E-state index in [0.29, 0.717) is 18.1 Å². The van der Waals surface area contributed by atoms with Crippen LogP contribution in [0.2, 0.25) is 0 Å². The molecule has 1 fully saturated rings. The Hall–Kier alpha value is -3.58. The number of carbonyl (C=O) groups is 1. The predicted octanol–water partition coefficient (Wildman–Crippen LogP) is 6.39. The first-order valence-electron chi connectivity index (χ1n) is 11.9. The van der Waals surface area contributed by atoms with Crippen molar-refractivity contribution in [1.82, 2.24) is 10.1 Å². The fourth-order valence-electron chi connectivity index (χ4n) is 4.95. The van der Waals surface area contributed by atoms with E-state index in [1.807, 2.05) is 65.6 Å². The number of hydrogen-bond acceptors (Lipinski definition) is 6. The van der Waals surface area contributed by atoms with Gasteiger partial charge in [0.25, 0.3) is 5.91 Å². The standard InChI is InChI=1S/C28H25N3O3S/c1-33-21-10-6-7-18(15-21)16-26-29-27(30-34-26)19-13-14-23-25(17-19)35-24-12-5-4-11-22(24)28(32)31(23)20-8-2-3-9-20/h4-7,10-15,17,20H,2-3,8-9,16H2,1H3. The Morgan fingerprint density at radius 1 is 1.03 bits per heavy atom. The number of amides is 1. The van der Waals surface area contributed by atoms with Gasteiger partial charge in [0.1, 0.15) is 5.75 Å². The summed E-state index contributed by atoms with van der Waals surface area (Å²) in [5.41, 5.74) is 3.64. The number of hydrogen-bond donors (Lipinski definition) is 0. The van der Waals surface area contributed by atoms with E-state index in [1.165, 1.54) is 0 Å². The molecule has 4 aromatic rings. The Balaban J connectivity index is 1.35. The molecule has 1 amide bonds. The summed E-state index contributed by atoms with van der Waals surface area (Å²) in [6.07, 6.45) is 4.93. The summed E-state index contributed by atoms with van der Waals surface area (Å²) in [7, 11) is 1.65.